The highest BCUT2D eigenvalue weighted by Crippen LogP contribution is 2.33. The maximum Gasteiger partial charge on any atom is 0.413 e. The van der Waals surface area contributed by atoms with Crippen molar-refractivity contribution in [1.29, 1.82) is 0 Å². The van der Waals surface area contributed by atoms with Gasteiger partial charge in [0.05, 0.1) is 23.4 Å². The van der Waals surface area contributed by atoms with Crippen LogP contribution in [0.2, 0.25) is 0 Å². The number of hydrogen-bond acceptors (Lipinski definition) is 9. The highest BCUT2D eigenvalue weighted by atomic mass is 32.1. The predicted octanol–water partition coefficient (Wildman–Crippen LogP) is 5.95. The molecule has 0 spiro atoms. The van der Waals surface area contributed by atoms with Crippen LogP contribution in [-0.2, 0) is 16.7 Å². The molecular formula is C31H39N7O3S. The average molecular weight is 590 g/mol. The second-order valence-electron chi connectivity index (χ2n) is 11.8. The van der Waals surface area contributed by atoms with Gasteiger partial charge in [0.25, 0.3) is 5.91 Å². The number of benzene rings is 2. The van der Waals surface area contributed by atoms with E-state index in [1.807, 2.05) is 60.5 Å². The van der Waals surface area contributed by atoms with Crippen LogP contribution in [0.4, 0.5) is 21.3 Å². The Bertz CT molecular complexity index is 1500. The number of rotatable bonds is 7. The number of aromatic nitrogens is 1. The third-order valence-electron chi connectivity index (χ3n) is 7.48. The summed E-state index contributed by atoms with van der Waals surface area (Å²) in [7, 11) is 3.22. The summed E-state index contributed by atoms with van der Waals surface area (Å²) < 4.78 is 4.66. The number of nitrogens with one attached hydrogen (secondary N) is 3. The lowest BCUT2D eigenvalue weighted by atomic mass is 9.85. The molecule has 3 heterocycles. The maximum absolute atomic E-state index is 13.6. The summed E-state index contributed by atoms with van der Waals surface area (Å²) in [5.74, 6) is -0.128. The first-order chi connectivity index (χ1) is 20.0. The van der Waals surface area contributed by atoms with E-state index in [0.29, 0.717) is 16.4 Å². The van der Waals surface area contributed by atoms with Gasteiger partial charge in [0, 0.05) is 37.2 Å². The summed E-state index contributed by atoms with van der Waals surface area (Å²) in [6, 6.07) is 12.2. The number of hydrazine groups is 2. The van der Waals surface area contributed by atoms with E-state index < -0.39 is 6.09 Å². The molecule has 2 amide bonds. The fraction of sp³-hybridized carbons (Fsp3) is 0.387. The van der Waals surface area contributed by atoms with Crippen molar-refractivity contribution in [3.05, 3.63) is 75.9 Å². The number of nitrogens with zero attached hydrogens (tertiary/aromatic N) is 4. The van der Waals surface area contributed by atoms with Crippen molar-refractivity contribution in [3.8, 4) is 0 Å². The van der Waals surface area contributed by atoms with Crippen molar-refractivity contribution in [2.24, 2.45) is 0 Å². The summed E-state index contributed by atoms with van der Waals surface area (Å²) in [5, 5.41) is 9.96. The number of carbonyl (C=O) groups excluding carboxylic acids is 2. The smallest absolute Gasteiger partial charge is 0.413 e. The minimum atomic E-state index is -0.563. The Hall–Kier alpha value is -3.93. The van der Waals surface area contributed by atoms with Gasteiger partial charge in [-0.2, -0.15) is 0 Å². The highest BCUT2D eigenvalue weighted by molar-refractivity contribution is 7.16. The van der Waals surface area contributed by atoms with Gasteiger partial charge in [0.1, 0.15) is 0 Å². The van der Waals surface area contributed by atoms with E-state index in [0.717, 1.165) is 47.0 Å². The zero-order valence-electron chi connectivity index (χ0n) is 25.1. The molecule has 1 aromatic heterocycles. The van der Waals surface area contributed by atoms with E-state index in [1.165, 1.54) is 36.9 Å². The summed E-state index contributed by atoms with van der Waals surface area (Å²) >= 11 is 1.34. The number of aryl methyl sites for hydroxylation is 1. The zero-order valence-corrected chi connectivity index (χ0v) is 25.9. The Labute approximate surface area is 251 Å². The second-order valence-corrected chi connectivity index (χ2v) is 12.8. The van der Waals surface area contributed by atoms with Gasteiger partial charge in [0.15, 0.2) is 5.13 Å². The van der Waals surface area contributed by atoms with Gasteiger partial charge >= 0.3 is 6.09 Å². The number of amides is 2. The minimum absolute atomic E-state index is 0.0706. The lowest BCUT2D eigenvalue weighted by molar-refractivity contribution is 0.102. The second kappa shape index (κ2) is 12.1. The number of thiazole rings is 1. The Morgan fingerprint density at radius 3 is 2.57 bits per heavy atom. The van der Waals surface area contributed by atoms with Crippen LogP contribution in [0, 0.1) is 6.92 Å². The van der Waals surface area contributed by atoms with Crippen LogP contribution < -0.4 is 21.2 Å². The molecule has 0 saturated carbocycles. The molecule has 11 heteroatoms. The molecule has 1 fully saturated rings. The number of ether oxygens (including phenoxy) is 1. The van der Waals surface area contributed by atoms with Crippen LogP contribution in [0.1, 0.15) is 65.5 Å². The third-order valence-corrected chi connectivity index (χ3v) is 8.41. The van der Waals surface area contributed by atoms with E-state index in [9.17, 15) is 9.59 Å². The van der Waals surface area contributed by atoms with E-state index in [2.05, 4.69) is 57.6 Å². The molecule has 2 aliphatic rings. The third kappa shape index (κ3) is 6.75. The topological polar surface area (TPSA) is 102 Å². The number of likely N-dealkylation sites (tertiary alicyclic amines) is 1. The summed E-state index contributed by atoms with van der Waals surface area (Å²) in [4.78, 5) is 32.7. The van der Waals surface area contributed by atoms with Gasteiger partial charge in [-0.15, -0.1) is 5.53 Å². The van der Waals surface area contributed by atoms with Gasteiger partial charge in [0.2, 0.25) is 0 Å². The number of methoxy groups -OCH3 is 1. The number of anilines is 3. The number of carbonyl (C=O) groups is 2. The van der Waals surface area contributed by atoms with Gasteiger partial charge in [-0.3, -0.25) is 25.0 Å². The standard InChI is InChI=1S/C31H39N7O3S/c1-20-9-10-24(16-25(20)38-19-26(36(5)35-38)27-17-32-29(42-27)34-30(40)41-6)33-28(39)22-13-21(18-37-11-7-8-12-37)14-23(15-22)31(2,3)4/h9-10,13-17,19,35H,7-8,11-12,18H2,1-6H3,(H,33,39)(H,32,34,40). The fourth-order valence-electron chi connectivity index (χ4n) is 5.09. The molecule has 0 atom stereocenters. The van der Waals surface area contributed by atoms with Crippen molar-refractivity contribution in [1.82, 2.24) is 20.4 Å². The first kappa shape index (κ1) is 29.6. The van der Waals surface area contributed by atoms with E-state index in [4.69, 9.17) is 0 Å². The minimum Gasteiger partial charge on any atom is -0.453 e. The van der Waals surface area contributed by atoms with Crippen molar-refractivity contribution < 1.29 is 14.3 Å². The van der Waals surface area contributed by atoms with Crippen molar-refractivity contribution in [3.63, 3.8) is 0 Å². The van der Waals surface area contributed by atoms with Crippen molar-refractivity contribution in [2.75, 3.05) is 42.9 Å². The quantitative estimate of drug-likeness (QED) is 0.311. The molecule has 3 N–H and O–H groups in total. The Morgan fingerprint density at radius 1 is 1.10 bits per heavy atom. The summed E-state index contributed by atoms with van der Waals surface area (Å²) in [6.45, 7) is 11.6. The molecule has 0 radical (unpaired) electrons. The maximum atomic E-state index is 13.6. The lowest BCUT2D eigenvalue weighted by Crippen LogP contribution is -2.38. The predicted molar refractivity (Wildman–Crippen MR) is 168 cm³/mol. The molecule has 0 unspecified atom stereocenters. The molecule has 2 aliphatic heterocycles. The molecular weight excluding hydrogens is 550 g/mol. The van der Waals surface area contributed by atoms with Gasteiger partial charge in [-0.25, -0.2) is 9.78 Å². The Kier molecular flexibility index (Phi) is 8.53. The molecule has 0 aliphatic carbocycles. The monoisotopic (exact) mass is 589 g/mol. The summed E-state index contributed by atoms with van der Waals surface area (Å²) in [5.41, 5.74) is 9.76. The van der Waals surface area contributed by atoms with E-state index >= 15 is 0 Å². The molecule has 2 aromatic carbocycles. The first-order valence-corrected chi connectivity index (χ1v) is 14.9. The van der Waals surface area contributed by atoms with Gasteiger partial charge < -0.3 is 10.1 Å². The van der Waals surface area contributed by atoms with Crippen LogP contribution in [0.25, 0.3) is 5.70 Å². The molecule has 222 valence electrons. The zero-order chi connectivity index (χ0) is 30.0. The molecule has 0 bridgehead atoms. The lowest BCUT2D eigenvalue weighted by Gasteiger charge is -2.23. The van der Waals surface area contributed by atoms with Crippen LogP contribution in [-0.4, -0.2) is 54.1 Å². The molecule has 1 saturated heterocycles. The Morgan fingerprint density at radius 2 is 1.86 bits per heavy atom. The van der Waals surface area contributed by atoms with Crippen molar-refractivity contribution in [2.45, 2.75) is 52.5 Å². The van der Waals surface area contributed by atoms with Crippen LogP contribution >= 0.6 is 11.3 Å². The van der Waals surface area contributed by atoms with Crippen LogP contribution in [0.3, 0.4) is 0 Å². The normalized spacial score (nSPS) is 15.6. The van der Waals surface area contributed by atoms with Crippen LogP contribution in [0.15, 0.2) is 48.8 Å². The average Bonchev–Trinajstić information content (AvgIpc) is 3.71. The summed E-state index contributed by atoms with van der Waals surface area (Å²) in [6.07, 6.45) is 5.57. The molecule has 10 nitrogen and oxygen atoms in total. The first-order valence-electron chi connectivity index (χ1n) is 14.1. The van der Waals surface area contributed by atoms with Crippen LogP contribution in [0.5, 0.6) is 0 Å². The largest absolute Gasteiger partial charge is 0.453 e. The SMILES string of the molecule is COC(=O)Nc1ncc(C2=CN(c3cc(NC(=O)c4cc(CN5CCCC5)cc(C(C)(C)C)c4)ccc3C)NN2C)s1. The molecule has 5 rings (SSSR count). The van der Waals surface area contributed by atoms with Gasteiger partial charge in [-0.1, -0.05) is 44.2 Å². The van der Waals surface area contributed by atoms with Crippen molar-refractivity contribution >= 4 is 45.5 Å². The Balaban J connectivity index is 1.36. The molecule has 42 heavy (non-hydrogen) atoms. The molecule has 3 aromatic rings. The highest BCUT2D eigenvalue weighted by Gasteiger charge is 2.24. The van der Waals surface area contributed by atoms with E-state index in [1.54, 1.807) is 6.20 Å². The fourth-order valence-corrected chi connectivity index (χ4v) is 5.94. The number of hydrogen-bond donors (Lipinski definition) is 3. The van der Waals surface area contributed by atoms with Gasteiger partial charge in [-0.05, 0) is 79.2 Å². The van der Waals surface area contributed by atoms with E-state index in [-0.39, 0.29) is 11.3 Å².